The van der Waals surface area contributed by atoms with Gasteiger partial charge in [0, 0.05) is 12.6 Å². The van der Waals surface area contributed by atoms with E-state index in [2.05, 4.69) is 23.8 Å². The molecule has 0 saturated carbocycles. The Kier molecular flexibility index (Phi) is 3.45. The summed E-state index contributed by atoms with van der Waals surface area (Å²) < 4.78 is 0. The van der Waals surface area contributed by atoms with E-state index in [-0.39, 0.29) is 0 Å². The molecular formula is C12H24N2. The Labute approximate surface area is 88.3 Å². The van der Waals surface area contributed by atoms with Crippen LogP contribution in [0.5, 0.6) is 0 Å². The quantitative estimate of drug-likeness (QED) is 0.631. The summed E-state index contributed by atoms with van der Waals surface area (Å²) in [4.78, 5) is 5.22. The molecule has 2 aliphatic rings. The Bertz CT molecular complexity index is 173. The fourth-order valence-electron chi connectivity index (χ4n) is 2.83. The second-order valence-electron chi connectivity index (χ2n) is 5.28. The Hall–Kier alpha value is -0.0800. The molecule has 0 amide bonds. The van der Waals surface area contributed by atoms with E-state index in [1.54, 1.807) is 0 Å². The summed E-state index contributed by atoms with van der Waals surface area (Å²) in [5, 5.41) is 0. The van der Waals surface area contributed by atoms with Gasteiger partial charge in [-0.15, -0.1) is 0 Å². The topological polar surface area (TPSA) is 6.48 Å². The van der Waals surface area contributed by atoms with Crippen molar-refractivity contribution in [3.05, 3.63) is 0 Å². The zero-order chi connectivity index (χ0) is 9.97. The standard InChI is InChI=1S/C12H24N2/c1-11-5-8-14(9-6-11)12-4-3-7-13(2)10-12/h11-12H,3-10H2,1-2H3. The van der Waals surface area contributed by atoms with E-state index in [9.17, 15) is 0 Å². The van der Waals surface area contributed by atoms with E-state index in [0.29, 0.717) is 0 Å². The molecule has 1 atom stereocenters. The predicted molar refractivity (Wildman–Crippen MR) is 60.5 cm³/mol. The molecule has 2 rings (SSSR count). The van der Waals surface area contributed by atoms with Crippen molar-refractivity contribution in [2.75, 3.05) is 33.2 Å². The summed E-state index contributed by atoms with van der Waals surface area (Å²) in [6.45, 7) is 7.69. The van der Waals surface area contributed by atoms with Gasteiger partial charge in [0.15, 0.2) is 0 Å². The molecule has 0 radical (unpaired) electrons. The molecule has 2 aliphatic heterocycles. The third-order valence-corrected chi connectivity index (χ3v) is 3.93. The molecule has 2 saturated heterocycles. The molecule has 0 aromatic carbocycles. The lowest BCUT2D eigenvalue weighted by Gasteiger charge is -2.41. The van der Waals surface area contributed by atoms with E-state index in [4.69, 9.17) is 0 Å². The van der Waals surface area contributed by atoms with Gasteiger partial charge in [0.25, 0.3) is 0 Å². The van der Waals surface area contributed by atoms with Crippen LogP contribution in [0.2, 0.25) is 0 Å². The Morgan fingerprint density at radius 3 is 2.36 bits per heavy atom. The van der Waals surface area contributed by atoms with Crippen molar-refractivity contribution in [3.63, 3.8) is 0 Å². The molecule has 2 heteroatoms. The van der Waals surface area contributed by atoms with E-state index in [1.807, 2.05) is 0 Å². The summed E-state index contributed by atoms with van der Waals surface area (Å²) in [5.74, 6) is 0.965. The monoisotopic (exact) mass is 196 g/mol. The minimum Gasteiger partial charge on any atom is -0.305 e. The fourth-order valence-corrected chi connectivity index (χ4v) is 2.83. The summed E-state index contributed by atoms with van der Waals surface area (Å²) in [6.07, 6.45) is 5.66. The second-order valence-corrected chi connectivity index (χ2v) is 5.28. The van der Waals surface area contributed by atoms with E-state index < -0.39 is 0 Å². The number of rotatable bonds is 1. The van der Waals surface area contributed by atoms with Crippen LogP contribution >= 0.6 is 0 Å². The lowest BCUT2D eigenvalue weighted by molar-refractivity contribution is 0.0817. The third kappa shape index (κ3) is 2.48. The largest absolute Gasteiger partial charge is 0.305 e. The molecule has 1 unspecified atom stereocenters. The minimum absolute atomic E-state index is 0.862. The van der Waals surface area contributed by atoms with Crippen LogP contribution in [-0.2, 0) is 0 Å². The highest BCUT2D eigenvalue weighted by Gasteiger charge is 2.26. The van der Waals surface area contributed by atoms with Gasteiger partial charge in [-0.05, 0) is 58.3 Å². The molecule has 0 aromatic rings. The van der Waals surface area contributed by atoms with Gasteiger partial charge in [0.05, 0.1) is 0 Å². The molecule has 14 heavy (non-hydrogen) atoms. The Morgan fingerprint density at radius 2 is 1.71 bits per heavy atom. The summed E-state index contributed by atoms with van der Waals surface area (Å²) in [6, 6.07) is 0.862. The van der Waals surface area contributed by atoms with Crippen molar-refractivity contribution in [1.29, 1.82) is 0 Å². The maximum Gasteiger partial charge on any atom is 0.0223 e. The van der Waals surface area contributed by atoms with Crippen LogP contribution in [0.3, 0.4) is 0 Å². The molecule has 0 spiro atoms. The highest BCUT2D eigenvalue weighted by molar-refractivity contribution is 4.82. The summed E-state index contributed by atoms with van der Waals surface area (Å²) in [7, 11) is 2.26. The van der Waals surface area contributed by atoms with Gasteiger partial charge >= 0.3 is 0 Å². The molecular weight excluding hydrogens is 172 g/mol. The zero-order valence-corrected chi connectivity index (χ0v) is 9.71. The van der Waals surface area contributed by atoms with Gasteiger partial charge in [-0.25, -0.2) is 0 Å². The molecule has 0 bridgehead atoms. The van der Waals surface area contributed by atoms with Gasteiger partial charge in [-0.3, -0.25) is 4.90 Å². The highest BCUT2D eigenvalue weighted by Crippen LogP contribution is 2.22. The summed E-state index contributed by atoms with van der Waals surface area (Å²) >= 11 is 0. The van der Waals surface area contributed by atoms with Gasteiger partial charge in [0.1, 0.15) is 0 Å². The SMILES string of the molecule is CC1CCN(C2CCCN(C)C2)CC1. The van der Waals surface area contributed by atoms with Crippen LogP contribution in [0.25, 0.3) is 0 Å². The van der Waals surface area contributed by atoms with Crippen molar-refractivity contribution in [1.82, 2.24) is 9.80 Å². The van der Waals surface area contributed by atoms with Crippen LogP contribution < -0.4 is 0 Å². The third-order valence-electron chi connectivity index (χ3n) is 3.93. The van der Waals surface area contributed by atoms with Crippen molar-refractivity contribution < 1.29 is 0 Å². The lowest BCUT2D eigenvalue weighted by atomic mass is 9.95. The average molecular weight is 196 g/mol. The average Bonchev–Trinajstić information content (AvgIpc) is 2.19. The molecule has 0 aliphatic carbocycles. The first-order valence-electron chi connectivity index (χ1n) is 6.18. The molecule has 0 aromatic heterocycles. The highest BCUT2D eigenvalue weighted by atomic mass is 15.2. The number of piperidine rings is 2. The van der Waals surface area contributed by atoms with Gasteiger partial charge < -0.3 is 4.90 Å². The van der Waals surface area contributed by atoms with Crippen LogP contribution in [-0.4, -0.2) is 49.1 Å². The van der Waals surface area contributed by atoms with E-state index in [0.717, 1.165) is 12.0 Å². The number of likely N-dealkylation sites (N-methyl/N-ethyl adjacent to an activating group) is 1. The molecule has 2 fully saturated rings. The smallest absolute Gasteiger partial charge is 0.0223 e. The predicted octanol–water partition coefficient (Wildman–Crippen LogP) is 1.81. The van der Waals surface area contributed by atoms with E-state index in [1.165, 1.54) is 51.9 Å². The first-order valence-corrected chi connectivity index (χ1v) is 6.18. The lowest BCUT2D eigenvalue weighted by Crippen LogP contribution is -2.49. The molecule has 2 nitrogen and oxygen atoms in total. The molecule has 82 valence electrons. The molecule has 2 heterocycles. The van der Waals surface area contributed by atoms with Crippen molar-refractivity contribution >= 4 is 0 Å². The van der Waals surface area contributed by atoms with Crippen molar-refractivity contribution in [2.45, 2.75) is 38.6 Å². The molecule has 0 N–H and O–H groups in total. The Morgan fingerprint density at radius 1 is 1.00 bits per heavy atom. The van der Waals surface area contributed by atoms with Gasteiger partial charge in [-0.1, -0.05) is 6.92 Å². The number of hydrogen-bond donors (Lipinski definition) is 0. The first-order chi connectivity index (χ1) is 6.75. The summed E-state index contributed by atoms with van der Waals surface area (Å²) in [5.41, 5.74) is 0. The van der Waals surface area contributed by atoms with Crippen LogP contribution in [0.15, 0.2) is 0 Å². The zero-order valence-electron chi connectivity index (χ0n) is 9.71. The normalized spacial score (nSPS) is 33.4. The number of nitrogens with zero attached hydrogens (tertiary/aromatic N) is 2. The maximum absolute atomic E-state index is 2.73. The maximum atomic E-state index is 2.73. The van der Waals surface area contributed by atoms with Crippen molar-refractivity contribution in [2.24, 2.45) is 5.92 Å². The van der Waals surface area contributed by atoms with Crippen molar-refractivity contribution in [3.8, 4) is 0 Å². The first kappa shape index (κ1) is 10.4. The van der Waals surface area contributed by atoms with Gasteiger partial charge in [-0.2, -0.15) is 0 Å². The Balaban J connectivity index is 1.82. The van der Waals surface area contributed by atoms with Crippen LogP contribution in [0.4, 0.5) is 0 Å². The number of likely N-dealkylation sites (tertiary alicyclic amines) is 2. The van der Waals surface area contributed by atoms with Crippen LogP contribution in [0.1, 0.15) is 32.6 Å². The number of hydrogen-bond acceptors (Lipinski definition) is 2. The fraction of sp³-hybridized carbons (Fsp3) is 1.00. The van der Waals surface area contributed by atoms with E-state index >= 15 is 0 Å². The second kappa shape index (κ2) is 4.63. The van der Waals surface area contributed by atoms with Gasteiger partial charge in [0.2, 0.25) is 0 Å². The van der Waals surface area contributed by atoms with Crippen LogP contribution in [0, 0.1) is 5.92 Å². The minimum atomic E-state index is 0.862.